The third-order valence-corrected chi connectivity index (χ3v) is 9.19. The number of rotatable bonds is 4. The summed E-state index contributed by atoms with van der Waals surface area (Å²) in [6.07, 6.45) is 4.74. The van der Waals surface area contributed by atoms with Crippen LogP contribution in [0.5, 0.6) is 0 Å². The summed E-state index contributed by atoms with van der Waals surface area (Å²) in [5.74, 6) is 0. The first-order chi connectivity index (χ1) is 9.83. The van der Waals surface area contributed by atoms with E-state index in [1.807, 2.05) is 0 Å². The molecular weight excluding hydrogens is 355 g/mol. The van der Waals surface area contributed by atoms with Crippen LogP contribution in [0.15, 0.2) is 46.5 Å². The number of halogens is 1. The zero-order valence-electron chi connectivity index (χ0n) is 12.2. The van der Waals surface area contributed by atoms with E-state index in [0.717, 1.165) is 0 Å². The van der Waals surface area contributed by atoms with Crippen molar-refractivity contribution in [1.82, 2.24) is 0 Å². The van der Waals surface area contributed by atoms with E-state index in [2.05, 4.69) is 66.5 Å². The molecule has 0 bridgehead atoms. The second-order valence-corrected chi connectivity index (χ2v) is 10.7. The quantitative estimate of drug-likeness (QED) is 0.454. The van der Waals surface area contributed by atoms with Crippen molar-refractivity contribution in [1.29, 1.82) is 0 Å². The van der Waals surface area contributed by atoms with Gasteiger partial charge in [0.25, 0.3) is 0 Å². The van der Waals surface area contributed by atoms with Gasteiger partial charge in [-0.05, 0) is 0 Å². The first-order valence-corrected chi connectivity index (χ1v) is 11.2. The van der Waals surface area contributed by atoms with E-state index in [9.17, 15) is 0 Å². The summed E-state index contributed by atoms with van der Waals surface area (Å²) in [6, 6.07) is 15.9. The first-order valence-electron chi connectivity index (χ1n) is 7.38. The van der Waals surface area contributed by atoms with Crippen LogP contribution in [0, 0.1) is 3.57 Å². The third-order valence-electron chi connectivity index (χ3n) is 3.73. The summed E-state index contributed by atoms with van der Waals surface area (Å²) in [5, 5.41) is 0. The molecule has 2 aromatic rings. The molecule has 0 atom stereocenters. The summed E-state index contributed by atoms with van der Waals surface area (Å²) in [4.78, 5) is 0. The normalized spacial score (nSPS) is 14.6. The molecular formula is C19H21I. The van der Waals surface area contributed by atoms with Crippen LogP contribution in [0.1, 0.15) is 31.4 Å². The Morgan fingerprint density at radius 3 is 2.65 bits per heavy atom. The summed E-state index contributed by atoms with van der Waals surface area (Å²) < 4.78 is 5.51. The molecule has 0 nitrogen and oxygen atoms in total. The Morgan fingerprint density at radius 2 is 1.85 bits per heavy atom. The second-order valence-electron chi connectivity index (χ2n) is 5.12. The minimum absolute atomic E-state index is 1.07. The molecule has 104 valence electrons. The minimum atomic E-state index is -1.07. The van der Waals surface area contributed by atoms with Crippen LogP contribution < -0.4 is 0 Å². The van der Waals surface area contributed by atoms with Gasteiger partial charge in [-0.3, -0.25) is 0 Å². The number of hydrogen-bond acceptors (Lipinski definition) is 0. The van der Waals surface area contributed by atoms with E-state index in [0.29, 0.717) is 0 Å². The van der Waals surface area contributed by atoms with Crippen LogP contribution in [0.3, 0.4) is 0 Å². The number of aryl methyl sites for hydroxylation is 1. The Hall–Kier alpha value is -1.09. The molecule has 0 unspecified atom stereocenters. The van der Waals surface area contributed by atoms with Crippen LogP contribution in [-0.4, -0.2) is 4.43 Å². The molecule has 1 heterocycles. The molecule has 0 saturated carbocycles. The van der Waals surface area contributed by atoms with Gasteiger partial charge in [0.05, 0.1) is 0 Å². The summed E-state index contributed by atoms with van der Waals surface area (Å²) in [7, 11) is 0. The molecule has 1 aliphatic heterocycles. The molecule has 0 spiro atoms. The Balaban J connectivity index is 2.08. The van der Waals surface area contributed by atoms with Crippen LogP contribution >= 0.6 is 19.8 Å². The average Bonchev–Trinajstić information content (AvgIpc) is 2.91. The van der Waals surface area contributed by atoms with Crippen LogP contribution in [0.2, 0.25) is 0 Å². The van der Waals surface area contributed by atoms with Crippen LogP contribution in [-0.2, 0) is 6.42 Å². The molecule has 0 radical (unpaired) electrons. The topological polar surface area (TPSA) is 0 Å². The van der Waals surface area contributed by atoms with Crippen molar-refractivity contribution in [3.05, 3.63) is 61.2 Å². The van der Waals surface area contributed by atoms with E-state index in [4.69, 9.17) is 0 Å². The van der Waals surface area contributed by atoms with Gasteiger partial charge in [0, 0.05) is 0 Å². The molecule has 0 saturated heterocycles. The van der Waals surface area contributed by atoms with E-state index < -0.39 is 19.8 Å². The first kappa shape index (κ1) is 13.9. The van der Waals surface area contributed by atoms with Gasteiger partial charge in [0.2, 0.25) is 0 Å². The Labute approximate surface area is 129 Å². The van der Waals surface area contributed by atoms with Gasteiger partial charge in [-0.15, -0.1) is 0 Å². The van der Waals surface area contributed by atoms with Gasteiger partial charge >= 0.3 is 129 Å². The van der Waals surface area contributed by atoms with Gasteiger partial charge in [0.1, 0.15) is 0 Å². The molecule has 0 aromatic heterocycles. The van der Waals surface area contributed by atoms with Gasteiger partial charge in [-0.25, -0.2) is 0 Å². The SMILES string of the molecule is CCCc1cccc(-c2cccc3c2I(CC)C=C3)c1. The Morgan fingerprint density at radius 1 is 1.00 bits per heavy atom. The van der Waals surface area contributed by atoms with Crippen molar-refractivity contribution < 1.29 is 0 Å². The summed E-state index contributed by atoms with van der Waals surface area (Å²) in [5.41, 5.74) is 5.82. The molecule has 1 aliphatic rings. The number of benzene rings is 2. The zero-order chi connectivity index (χ0) is 13.9. The third kappa shape index (κ3) is 2.56. The Kier molecular flexibility index (Phi) is 4.25. The molecule has 0 N–H and O–H groups in total. The molecule has 0 aliphatic carbocycles. The average molecular weight is 376 g/mol. The molecule has 20 heavy (non-hydrogen) atoms. The predicted octanol–water partition coefficient (Wildman–Crippen LogP) is 5.99. The fourth-order valence-electron chi connectivity index (χ4n) is 2.79. The van der Waals surface area contributed by atoms with Gasteiger partial charge in [0.15, 0.2) is 0 Å². The number of alkyl halides is 1. The second kappa shape index (κ2) is 6.13. The van der Waals surface area contributed by atoms with Crippen molar-refractivity contribution >= 4 is 25.9 Å². The number of fused-ring (bicyclic) bond motifs is 1. The van der Waals surface area contributed by atoms with Gasteiger partial charge in [-0.1, -0.05) is 0 Å². The van der Waals surface area contributed by atoms with Crippen LogP contribution in [0.4, 0.5) is 0 Å². The van der Waals surface area contributed by atoms with Gasteiger partial charge < -0.3 is 0 Å². The maximum atomic E-state index is 2.51. The van der Waals surface area contributed by atoms with E-state index >= 15 is 0 Å². The molecule has 2 aromatic carbocycles. The monoisotopic (exact) mass is 376 g/mol. The van der Waals surface area contributed by atoms with E-state index in [1.54, 1.807) is 3.57 Å². The van der Waals surface area contributed by atoms with Crippen LogP contribution in [0.25, 0.3) is 17.2 Å². The van der Waals surface area contributed by atoms with Gasteiger partial charge in [-0.2, -0.15) is 0 Å². The fraction of sp³-hybridized carbons (Fsp3) is 0.263. The van der Waals surface area contributed by atoms with E-state index in [-0.39, 0.29) is 0 Å². The standard InChI is InChI=1S/C19H21I/c1-3-7-15-8-5-10-17(14-15)18-11-6-9-16-12-13-20(4-2)19(16)18/h5-6,8-14H,3-4,7H2,1-2H3. The fourth-order valence-corrected chi connectivity index (χ4v) is 7.63. The maximum absolute atomic E-state index is 2.51. The molecule has 0 fully saturated rings. The van der Waals surface area contributed by atoms with Crippen molar-refractivity contribution in [2.75, 3.05) is 4.43 Å². The molecule has 0 amide bonds. The van der Waals surface area contributed by atoms with E-state index in [1.165, 1.54) is 39.5 Å². The van der Waals surface area contributed by atoms with Crippen molar-refractivity contribution in [3.8, 4) is 11.1 Å². The predicted molar refractivity (Wildman–Crippen MR) is 98.2 cm³/mol. The number of hydrogen-bond donors (Lipinski definition) is 0. The Bertz CT molecular complexity index is 640. The molecule has 3 rings (SSSR count). The van der Waals surface area contributed by atoms with Crippen molar-refractivity contribution in [2.45, 2.75) is 26.7 Å². The van der Waals surface area contributed by atoms with Crippen molar-refractivity contribution in [3.63, 3.8) is 0 Å². The van der Waals surface area contributed by atoms with Crippen molar-refractivity contribution in [2.24, 2.45) is 0 Å². The zero-order valence-corrected chi connectivity index (χ0v) is 14.4. The summed E-state index contributed by atoms with van der Waals surface area (Å²) in [6.45, 7) is 4.59. The molecule has 1 heteroatoms. The summed E-state index contributed by atoms with van der Waals surface area (Å²) >= 11 is -1.07.